The molecule has 0 amide bonds. The predicted octanol–water partition coefficient (Wildman–Crippen LogP) is 4.94. The molecule has 0 atom stereocenters. The topological polar surface area (TPSA) is 115 Å². The van der Waals surface area contributed by atoms with Gasteiger partial charge in [0.2, 0.25) is 0 Å². The van der Waals surface area contributed by atoms with E-state index in [9.17, 15) is 4.39 Å². The molecule has 42 heavy (non-hydrogen) atoms. The van der Waals surface area contributed by atoms with Crippen molar-refractivity contribution in [1.82, 2.24) is 44.9 Å². The van der Waals surface area contributed by atoms with Crippen molar-refractivity contribution >= 4 is 27.8 Å². The van der Waals surface area contributed by atoms with E-state index in [1.165, 1.54) is 18.3 Å². The number of hydrogen-bond donors (Lipinski definition) is 3. The van der Waals surface area contributed by atoms with E-state index in [-0.39, 0.29) is 11.0 Å². The van der Waals surface area contributed by atoms with Crippen LogP contribution >= 0.6 is 0 Å². The maximum Gasteiger partial charge on any atom is 0.184 e. The van der Waals surface area contributed by atoms with Crippen LogP contribution in [0.5, 0.6) is 0 Å². The summed E-state index contributed by atoms with van der Waals surface area (Å²) >= 11 is 0. The van der Waals surface area contributed by atoms with Crippen molar-refractivity contribution in [3.63, 3.8) is 0 Å². The molecule has 5 heterocycles. The molecule has 5 aromatic heterocycles. The standard InChI is InChI=1S/C30H30F2N10/c1-41(2)8-7-34-21-11-18(10-20(31)12-21)26-27-23(5-6-35-26)37-30(38-27)28-24-25(32)22(15-36-29(24)40-39-28)19-9-17(13-33-14-19)16-42(3)4/h5-6,9-15,34H,7-8,16H2,1-4H3,(H,37,38)(H,36,39,40). The number of likely N-dealkylation sites (N-methyl/N-ethyl adjacent to an activating group) is 1. The molecule has 0 aliphatic rings. The number of benzene rings is 1. The first-order valence-electron chi connectivity index (χ1n) is 13.4. The van der Waals surface area contributed by atoms with Crippen LogP contribution in [0.25, 0.3) is 56.0 Å². The van der Waals surface area contributed by atoms with Crippen LogP contribution in [0.1, 0.15) is 5.56 Å². The van der Waals surface area contributed by atoms with Gasteiger partial charge >= 0.3 is 0 Å². The third kappa shape index (κ3) is 5.41. The van der Waals surface area contributed by atoms with Gasteiger partial charge < -0.3 is 20.1 Å². The largest absolute Gasteiger partial charge is 0.384 e. The Morgan fingerprint density at radius 2 is 1.79 bits per heavy atom. The van der Waals surface area contributed by atoms with Gasteiger partial charge in [-0.25, -0.2) is 18.7 Å². The van der Waals surface area contributed by atoms with Crippen molar-refractivity contribution in [2.75, 3.05) is 46.6 Å². The van der Waals surface area contributed by atoms with Gasteiger partial charge in [-0.2, -0.15) is 5.10 Å². The zero-order valence-corrected chi connectivity index (χ0v) is 23.7. The summed E-state index contributed by atoms with van der Waals surface area (Å²) in [5.74, 6) is -0.511. The molecule has 0 fully saturated rings. The van der Waals surface area contributed by atoms with Crippen LogP contribution in [-0.2, 0) is 6.54 Å². The summed E-state index contributed by atoms with van der Waals surface area (Å²) < 4.78 is 30.8. The number of nitrogens with zero attached hydrogens (tertiary/aromatic N) is 7. The van der Waals surface area contributed by atoms with Gasteiger partial charge in [0.1, 0.15) is 22.8 Å². The Labute approximate surface area is 240 Å². The molecule has 12 heteroatoms. The minimum atomic E-state index is -0.482. The van der Waals surface area contributed by atoms with E-state index in [2.05, 4.69) is 35.5 Å². The molecule has 10 nitrogen and oxygen atoms in total. The molecule has 0 unspecified atom stereocenters. The minimum absolute atomic E-state index is 0.206. The second-order valence-electron chi connectivity index (χ2n) is 10.7. The number of anilines is 1. The van der Waals surface area contributed by atoms with Gasteiger partial charge in [0.15, 0.2) is 11.5 Å². The molecule has 6 aromatic rings. The predicted molar refractivity (Wildman–Crippen MR) is 160 cm³/mol. The summed E-state index contributed by atoms with van der Waals surface area (Å²) in [5, 5.41) is 10.6. The Morgan fingerprint density at radius 1 is 0.929 bits per heavy atom. The average molecular weight is 569 g/mol. The fourth-order valence-corrected chi connectivity index (χ4v) is 4.93. The van der Waals surface area contributed by atoms with Crippen LogP contribution in [0.4, 0.5) is 14.5 Å². The molecule has 0 aliphatic carbocycles. The van der Waals surface area contributed by atoms with E-state index in [1.54, 1.807) is 24.7 Å². The molecule has 0 radical (unpaired) electrons. The average Bonchev–Trinajstić information content (AvgIpc) is 3.57. The van der Waals surface area contributed by atoms with Crippen LogP contribution < -0.4 is 5.32 Å². The monoisotopic (exact) mass is 568 g/mol. The van der Waals surface area contributed by atoms with Crippen LogP contribution in [0.3, 0.4) is 0 Å². The molecule has 0 bridgehead atoms. The first kappa shape index (κ1) is 27.4. The van der Waals surface area contributed by atoms with Gasteiger partial charge in [-0.1, -0.05) is 0 Å². The van der Waals surface area contributed by atoms with Crippen molar-refractivity contribution in [2.24, 2.45) is 0 Å². The fraction of sp³-hybridized carbons (Fsp3) is 0.233. The number of pyridine rings is 3. The number of hydrogen-bond acceptors (Lipinski definition) is 8. The third-order valence-corrected chi connectivity index (χ3v) is 6.82. The molecule has 0 aliphatic heterocycles. The van der Waals surface area contributed by atoms with Crippen molar-refractivity contribution in [1.29, 1.82) is 0 Å². The maximum atomic E-state index is 16.1. The van der Waals surface area contributed by atoms with E-state index >= 15 is 4.39 Å². The molecule has 0 spiro atoms. The Bertz CT molecular complexity index is 1890. The van der Waals surface area contributed by atoms with Gasteiger partial charge in [-0.3, -0.25) is 15.1 Å². The number of rotatable bonds is 9. The number of imidazole rings is 1. The lowest BCUT2D eigenvalue weighted by Crippen LogP contribution is -2.20. The number of H-pyrrole nitrogens is 2. The summed E-state index contributed by atoms with van der Waals surface area (Å²) in [6.45, 7) is 2.12. The minimum Gasteiger partial charge on any atom is -0.384 e. The Balaban J connectivity index is 1.41. The maximum absolute atomic E-state index is 16.1. The van der Waals surface area contributed by atoms with Gasteiger partial charge in [0.25, 0.3) is 0 Å². The van der Waals surface area contributed by atoms with Crippen LogP contribution in [0, 0.1) is 11.6 Å². The smallest absolute Gasteiger partial charge is 0.184 e. The first-order chi connectivity index (χ1) is 20.3. The van der Waals surface area contributed by atoms with E-state index in [0.29, 0.717) is 63.7 Å². The molecule has 0 saturated heterocycles. The van der Waals surface area contributed by atoms with Gasteiger partial charge in [-0.05, 0) is 64.1 Å². The summed E-state index contributed by atoms with van der Waals surface area (Å²) in [7, 11) is 7.88. The highest BCUT2D eigenvalue weighted by atomic mass is 19.1. The van der Waals surface area contributed by atoms with Crippen molar-refractivity contribution < 1.29 is 8.78 Å². The summed E-state index contributed by atoms with van der Waals surface area (Å²) in [5.41, 5.74) is 5.34. The van der Waals surface area contributed by atoms with Crippen LogP contribution in [0.15, 0.2) is 55.1 Å². The van der Waals surface area contributed by atoms with Gasteiger partial charge in [0.05, 0.1) is 16.6 Å². The number of halogens is 2. The van der Waals surface area contributed by atoms with E-state index in [4.69, 9.17) is 4.98 Å². The fourth-order valence-electron chi connectivity index (χ4n) is 4.93. The molecular weight excluding hydrogens is 538 g/mol. The van der Waals surface area contributed by atoms with Gasteiger partial charge in [-0.15, -0.1) is 0 Å². The Kier molecular flexibility index (Phi) is 7.31. The van der Waals surface area contributed by atoms with E-state index in [0.717, 1.165) is 12.1 Å². The molecule has 0 saturated carbocycles. The summed E-state index contributed by atoms with van der Waals surface area (Å²) in [4.78, 5) is 25.3. The molecule has 214 valence electrons. The van der Waals surface area contributed by atoms with Crippen molar-refractivity contribution in [2.45, 2.75) is 6.54 Å². The molecular formula is C30H30F2N10. The van der Waals surface area contributed by atoms with E-state index < -0.39 is 11.6 Å². The highest BCUT2D eigenvalue weighted by Crippen LogP contribution is 2.34. The molecule has 1 aromatic carbocycles. The van der Waals surface area contributed by atoms with Crippen molar-refractivity contribution in [3.05, 3.63) is 72.3 Å². The lowest BCUT2D eigenvalue weighted by atomic mass is 10.1. The lowest BCUT2D eigenvalue weighted by Gasteiger charge is -2.12. The zero-order valence-electron chi connectivity index (χ0n) is 23.7. The van der Waals surface area contributed by atoms with Crippen LogP contribution in [0.2, 0.25) is 0 Å². The number of fused-ring (bicyclic) bond motifs is 2. The van der Waals surface area contributed by atoms with Crippen molar-refractivity contribution in [3.8, 4) is 33.9 Å². The third-order valence-electron chi connectivity index (χ3n) is 6.82. The normalized spacial score (nSPS) is 11.8. The first-order valence-corrected chi connectivity index (χ1v) is 13.4. The van der Waals surface area contributed by atoms with Gasteiger partial charge in [0, 0.05) is 66.8 Å². The Morgan fingerprint density at radius 3 is 2.60 bits per heavy atom. The second-order valence-corrected chi connectivity index (χ2v) is 10.7. The lowest BCUT2D eigenvalue weighted by molar-refractivity contribution is 0.402. The van der Waals surface area contributed by atoms with E-state index in [1.807, 2.05) is 50.1 Å². The molecule has 6 rings (SSSR count). The SMILES string of the molecule is CN(C)CCNc1cc(F)cc(-c2nccc3[nH]c(-c4[nH]nc5ncc(-c6cncc(CN(C)C)c6)c(F)c45)nc23)c1. The second kappa shape index (κ2) is 11.2. The summed E-state index contributed by atoms with van der Waals surface area (Å²) in [6, 6.07) is 8.39. The molecule has 3 N–H and O–H groups in total. The highest BCUT2D eigenvalue weighted by Gasteiger charge is 2.21. The number of aromatic amines is 2. The quantitative estimate of drug-likeness (QED) is 0.225. The summed E-state index contributed by atoms with van der Waals surface area (Å²) in [6.07, 6.45) is 6.47. The number of nitrogens with one attached hydrogen (secondary N) is 3. The Hall–Kier alpha value is -4.81. The van der Waals surface area contributed by atoms with Crippen LogP contribution in [-0.4, -0.2) is 86.2 Å². The highest BCUT2D eigenvalue weighted by molar-refractivity contribution is 5.96. The number of aromatic nitrogens is 7. The zero-order chi connectivity index (χ0) is 29.4.